The summed E-state index contributed by atoms with van der Waals surface area (Å²) in [7, 11) is 0. The number of hydrogen-bond acceptors (Lipinski definition) is 4. The third-order valence-corrected chi connectivity index (χ3v) is 5.67. The van der Waals surface area contributed by atoms with Crippen LogP contribution in [0.5, 0.6) is 5.88 Å². The monoisotopic (exact) mass is 502 g/mol. The predicted octanol–water partition coefficient (Wildman–Crippen LogP) is 3.48. The number of nitrogens with one attached hydrogen (secondary N) is 2. The third-order valence-electron chi connectivity index (χ3n) is 5.67. The van der Waals surface area contributed by atoms with E-state index < -0.39 is 0 Å². The van der Waals surface area contributed by atoms with Gasteiger partial charge in [0.25, 0.3) is 0 Å². The summed E-state index contributed by atoms with van der Waals surface area (Å²) >= 11 is 0. The molecule has 2 aliphatic carbocycles. The van der Waals surface area contributed by atoms with Crippen LogP contribution in [0.15, 0.2) is 23.3 Å². The first kappa shape index (κ1) is 23.2. The Bertz CT molecular complexity index is 639. The minimum absolute atomic E-state index is 0. The van der Waals surface area contributed by atoms with Crippen molar-refractivity contribution in [3.63, 3.8) is 0 Å². The predicted molar refractivity (Wildman–Crippen MR) is 123 cm³/mol. The van der Waals surface area contributed by atoms with Gasteiger partial charge in [-0.15, -0.1) is 24.0 Å². The average Bonchev–Trinajstić information content (AvgIpc) is 3.50. The summed E-state index contributed by atoms with van der Waals surface area (Å²) in [4.78, 5) is 8.99. The van der Waals surface area contributed by atoms with E-state index in [1.165, 1.54) is 19.3 Å². The van der Waals surface area contributed by atoms with Crippen molar-refractivity contribution in [2.45, 2.75) is 65.0 Å². The van der Waals surface area contributed by atoms with Crippen LogP contribution < -0.4 is 15.4 Å². The highest BCUT2D eigenvalue weighted by atomic mass is 127. The number of aromatic nitrogens is 1. The van der Waals surface area contributed by atoms with Crippen molar-refractivity contribution >= 4 is 29.9 Å². The second-order valence-electron chi connectivity index (χ2n) is 8.22. The number of aliphatic imine (C=N–C) groups is 1. The standard InChI is InChI=1S/C21H34N4O2.HI/c1-3-22-20(25-15-21(2)10-5-4-6-18(21)26)24-13-17-9-11-23-19(12-17)27-14-16-7-8-16;/h9,11-12,16,18,26H,3-8,10,13-15H2,1-2H3,(H2,22,24,25);1H. The molecule has 3 rings (SSSR count). The van der Waals surface area contributed by atoms with Crippen molar-refractivity contribution in [3.05, 3.63) is 23.9 Å². The number of hydrogen-bond donors (Lipinski definition) is 3. The molecular weight excluding hydrogens is 467 g/mol. The summed E-state index contributed by atoms with van der Waals surface area (Å²) in [5.74, 6) is 2.19. The summed E-state index contributed by atoms with van der Waals surface area (Å²) in [5.41, 5.74) is 0.992. The number of aliphatic hydroxyl groups excluding tert-OH is 1. The maximum absolute atomic E-state index is 10.4. The highest BCUT2D eigenvalue weighted by Gasteiger charge is 2.35. The normalized spacial score (nSPS) is 25.0. The van der Waals surface area contributed by atoms with Crippen LogP contribution in [0.3, 0.4) is 0 Å². The van der Waals surface area contributed by atoms with Gasteiger partial charge in [0.05, 0.1) is 19.3 Å². The lowest BCUT2D eigenvalue weighted by Gasteiger charge is -2.38. The summed E-state index contributed by atoms with van der Waals surface area (Å²) in [6.45, 7) is 7.09. The van der Waals surface area contributed by atoms with Gasteiger partial charge in [0.2, 0.25) is 5.88 Å². The van der Waals surface area contributed by atoms with Gasteiger partial charge in [-0.3, -0.25) is 0 Å². The molecule has 1 aromatic heterocycles. The van der Waals surface area contributed by atoms with Gasteiger partial charge in [-0.05, 0) is 50.2 Å². The Morgan fingerprint density at radius 2 is 2.14 bits per heavy atom. The summed E-state index contributed by atoms with van der Waals surface area (Å²) < 4.78 is 5.76. The molecule has 2 unspecified atom stereocenters. The number of pyridine rings is 1. The van der Waals surface area contributed by atoms with Crippen LogP contribution in [-0.2, 0) is 6.54 Å². The van der Waals surface area contributed by atoms with Crippen LogP contribution in [0.2, 0.25) is 0 Å². The molecule has 2 aliphatic rings. The highest BCUT2D eigenvalue weighted by molar-refractivity contribution is 14.0. The number of rotatable bonds is 8. The highest BCUT2D eigenvalue weighted by Crippen LogP contribution is 2.35. The Morgan fingerprint density at radius 3 is 2.86 bits per heavy atom. The largest absolute Gasteiger partial charge is 0.477 e. The van der Waals surface area contributed by atoms with E-state index in [0.29, 0.717) is 12.4 Å². The second kappa shape index (κ2) is 11.2. The maximum atomic E-state index is 10.4. The molecule has 0 aliphatic heterocycles. The molecule has 0 saturated heterocycles. The zero-order valence-corrected chi connectivity index (χ0v) is 19.4. The van der Waals surface area contributed by atoms with Crippen molar-refractivity contribution in [2.75, 3.05) is 19.7 Å². The van der Waals surface area contributed by atoms with E-state index in [9.17, 15) is 5.11 Å². The Balaban J connectivity index is 0.00000280. The number of guanidine groups is 1. The maximum Gasteiger partial charge on any atom is 0.213 e. The molecule has 2 fully saturated rings. The number of aliphatic hydroxyl groups is 1. The fourth-order valence-corrected chi connectivity index (χ4v) is 3.50. The zero-order valence-electron chi connectivity index (χ0n) is 17.1. The van der Waals surface area contributed by atoms with E-state index in [4.69, 9.17) is 9.73 Å². The fourth-order valence-electron chi connectivity index (χ4n) is 3.50. The van der Waals surface area contributed by atoms with E-state index >= 15 is 0 Å². The molecule has 28 heavy (non-hydrogen) atoms. The van der Waals surface area contributed by atoms with Gasteiger partial charge in [-0.25, -0.2) is 9.98 Å². The Labute approximate surface area is 186 Å². The zero-order chi connectivity index (χ0) is 19.1. The lowest BCUT2D eigenvalue weighted by atomic mass is 9.73. The van der Waals surface area contributed by atoms with Crippen molar-refractivity contribution < 1.29 is 9.84 Å². The van der Waals surface area contributed by atoms with Crippen LogP contribution in [0, 0.1) is 11.3 Å². The first-order chi connectivity index (χ1) is 13.1. The molecule has 158 valence electrons. The summed E-state index contributed by atoms with van der Waals surface area (Å²) in [6, 6.07) is 3.95. The molecule has 1 heterocycles. The number of nitrogens with zero attached hydrogens (tertiary/aromatic N) is 2. The molecule has 0 amide bonds. The third kappa shape index (κ3) is 7.06. The van der Waals surface area contributed by atoms with E-state index in [2.05, 4.69) is 29.5 Å². The minimum Gasteiger partial charge on any atom is -0.477 e. The number of ether oxygens (including phenoxy) is 1. The van der Waals surface area contributed by atoms with Gasteiger partial charge in [0.1, 0.15) is 0 Å². The smallest absolute Gasteiger partial charge is 0.213 e. The summed E-state index contributed by atoms with van der Waals surface area (Å²) in [6.07, 6.45) is 8.34. The van der Waals surface area contributed by atoms with Crippen LogP contribution in [0.25, 0.3) is 0 Å². The Morgan fingerprint density at radius 1 is 1.32 bits per heavy atom. The Hall–Kier alpha value is -1.09. The van der Waals surface area contributed by atoms with Crippen LogP contribution in [0.1, 0.15) is 57.9 Å². The van der Waals surface area contributed by atoms with E-state index in [1.807, 2.05) is 12.1 Å². The lowest BCUT2D eigenvalue weighted by Crippen LogP contribution is -2.48. The van der Waals surface area contributed by atoms with Crippen molar-refractivity contribution in [1.82, 2.24) is 15.6 Å². The van der Waals surface area contributed by atoms with E-state index in [-0.39, 0.29) is 35.5 Å². The molecular formula is C21H35IN4O2. The molecule has 7 heteroatoms. The molecule has 0 bridgehead atoms. The first-order valence-electron chi connectivity index (χ1n) is 10.4. The molecule has 1 aromatic rings. The second-order valence-corrected chi connectivity index (χ2v) is 8.22. The Kier molecular flexibility index (Phi) is 9.27. The van der Waals surface area contributed by atoms with Gasteiger partial charge >= 0.3 is 0 Å². The molecule has 0 spiro atoms. The van der Waals surface area contributed by atoms with E-state index in [1.54, 1.807) is 6.20 Å². The van der Waals surface area contributed by atoms with Gasteiger partial charge in [-0.2, -0.15) is 0 Å². The molecule has 3 N–H and O–H groups in total. The van der Waals surface area contributed by atoms with Crippen molar-refractivity contribution in [2.24, 2.45) is 16.3 Å². The lowest BCUT2D eigenvalue weighted by molar-refractivity contribution is 0.00397. The van der Waals surface area contributed by atoms with Crippen LogP contribution in [-0.4, -0.2) is 41.9 Å². The van der Waals surface area contributed by atoms with E-state index in [0.717, 1.165) is 56.4 Å². The first-order valence-corrected chi connectivity index (χ1v) is 10.4. The minimum atomic E-state index is -0.243. The number of halogens is 1. The fraction of sp³-hybridized carbons (Fsp3) is 0.714. The molecule has 2 saturated carbocycles. The summed E-state index contributed by atoms with van der Waals surface area (Å²) in [5, 5.41) is 17.1. The quantitative estimate of drug-likeness (QED) is 0.288. The SMILES string of the molecule is CCNC(=NCc1ccnc(OCC2CC2)c1)NCC1(C)CCCCC1O.I. The van der Waals surface area contributed by atoms with Crippen LogP contribution >= 0.6 is 24.0 Å². The van der Waals surface area contributed by atoms with Gasteiger partial charge in [0.15, 0.2) is 5.96 Å². The molecule has 2 atom stereocenters. The topological polar surface area (TPSA) is 78.8 Å². The van der Waals surface area contributed by atoms with Crippen molar-refractivity contribution in [3.8, 4) is 5.88 Å². The molecule has 0 radical (unpaired) electrons. The van der Waals surface area contributed by atoms with Crippen LogP contribution in [0.4, 0.5) is 0 Å². The van der Waals surface area contributed by atoms with Gasteiger partial charge in [0, 0.05) is 30.8 Å². The van der Waals surface area contributed by atoms with Crippen molar-refractivity contribution in [1.29, 1.82) is 0 Å². The van der Waals surface area contributed by atoms with Gasteiger partial charge in [-0.1, -0.05) is 19.8 Å². The van der Waals surface area contributed by atoms with Gasteiger partial charge < -0.3 is 20.5 Å². The average molecular weight is 502 g/mol. The molecule has 6 nitrogen and oxygen atoms in total. The molecule has 0 aromatic carbocycles.